The number of rotatable bonds is 6. The van der Waals surface area contributed by atoms with Gasteiger partial charge in [0.15, 0.2) is 0 Å². The Bertz CT molecular complexity index is 486. The van der Waals surface area contributed by atoms with Crippen LogP contribution in [0.1, 0.15) is 10.4 Å². The fourth-order valence-corrected chi connectivity index (χ4v) is 1.20. The number of pyridine rings is 1. The lowest BCUT2D eigenvalue weighted by Gasteiger charge is -2.04. The Morgan fingerprint density at radius 2 is 2.28 bits per heavy atom. The minimum absolute atomic E-state index is 0.00949. The topological polar surface area (TPSA) is 137 Å². The summed E-state index contributed by atoms with van der Waals surface area (Å²) >= 11 is 0. The van der Waals surface area contributed by atoms with E-state index in [2.05, 4.69) is 10.3 Å². The molecule has 0 spiro atoms. The maximum Gasteiger partial charge on any atom is 0.312 e. The number of hydrogen-bond donors (Lipinski definition) is 3. The van der Waals surface area contributed by atoms with Crippen molar-refractivity contribution in [1.82, 2.24) is 4.98 Å². The molecule has 1 amide bonds. The number of carbonyl (C=O) groups excluding carboxylic acids is 1. The van der Waals surface area contributed by atoms with Gasteiger partial charge in [-0.15, -0.1) is 0 Å². The van der Waals surface area contributed by atoms with Crippen LogP contribution in [0.3, 0.4) is 0 Å². The van der Waals surface area contributed by atoms with E-state index in [1.807, 2.05) is 0 Å². The highest BCUT2D eigenvalue weighted by molar-refractivity contribution is 5.93. The van der Waals surface area contributed by atoms with Gasteiger partial charge in [-0.25, -0.2) is 4.98 Å². The summed E-state index contributed by atoms with van der Waals surface area (Å²) in [5.41, 5.74) is 9.97. The third-order valence-corrected chi connectivity index (χ3v) is 2.04. The molecule has 18 heavy (non-hydrogen) atoms. The molecule has 5 N–H and O–H groups in total. The fraction of sp³-hybridized carbons (Fsp3) is 0.200. The van der Waals surface area contributed by atoms with Crippen molar-refractivity contribution in [2.75, 3.05) is 18.4 Å². The third-order valence-electron chi connectivity index (χ3n) is 2.04. The minimum atomic E-state index is -0.764. The molecule has 1 aromatic rings. The van der Waals surface area contributed by atoms with Crippen LogP contribution in [-0.4, -0.2) is 28.9 Å². The molecule has 0 saturated heterocycles. The third kappa shape index (κ3) is 3.52. The van der Waals surface area contributed by atoms with E-state index in [4.69, 9.17) is 11.5 Å². The number of nitrogens with one attached hydrogen (secondary N) is 1. The van der Waals surface area contributed by atoms with Crippen LogP contribution in [0.25, 0.3) is 0 Å². The Morgan fingerprint density at radius 1 is 1.56 bits per heavy atom. The van der Waals surface area contributed by atoms with Gasteiger partial charge in [-0.2, -0.15) is 0 Å². The van der Waals surface area contributed by atoms with Crippen molar-refractivity contribution < 1.29 is 9.72 Å². The van der Waals surface area contributed by atoms with E-state index in [9.17, 15) is 14.9 Å². The molecule has 0 bridgehead atoms. The monoisotopic (exact) mass is 251 g/mol. The molecule has 1 heterocycles. The molecule has 0 radical (unpaired) electrons. The molecule has 0 atom stereocenters. The summed E-state index contributed by atoms with van der Waals surface area (Å²) in [4.78, 5) is 24.9. The number of amides is 1. The predicted molar refractivity (Wildman–Crippen MR) is 66.1 cm³/mol. The van der Waals surface area contributed by atoms with Gasteiger partial charge in [-0.05, 0) is 0 Å². The number of nitrogens with two attached hydrogens (primary N) is 2. The zero-order chi connectivity index (χ0) is 13.5. The maximum atomic E-state index is 10.9. The van der Waals surface area contributed by atoms with Crippen LogP contribution in [0, 0.1) is 10.1 Å². The Kier molecular flexibility index (Phi) is 4.76. The van der Waals surface area contributed by atoms with E-state index in [-0.39, 0.29) is 17.1 Å². The predicted octanol–water partition coefficient (Wildman–Crippen LogP) is 0.0155. The molecular weight excluding hydrogens is 238 g/mol. The first-order chi connectivity index (χ1) is 8.56. The quantitative estimate of drug-likeness (QED) is 0.370. The average Bonchev–Trinajstić information content (AvgIpc) is 2.34. The number of hydrogen-bond acceptors (Lipinski definition) is 6. The smallest absolute Gasteiger partial charge is 0.312 e. The zero-order valence-corrected chi connectivity index (χ0v) is 9.50. The molecule has 0 aromatic carbocycles. The Morgan fingerprint density at radius 3 is 2.83 bits per heavy atom. The first-order valence-electron chi connectivity index (χ1n) is 5.09. The SMILES string of the molecule is NC/C=C/CNc1ncc(C(N)=O)cc1[N+](=O)[O-]. The number of nitrogens with zero attached hydrogens (tertiary/aromatic N) is 2. The Labute approximate surface area is 103 Å². The van der Waals surface area contributed by atoms with Crippen molar-refractivity contribution in [3.8, 4) is 0 Å². The molecule has 0 aliphatic heterocycles. The van der Waals surface area contributed by atoms with Crippen LogP contribution >= 0.6 is 0 Å². The van der Waals surface area contributed by atoms with Crippen molar-refractivity contribution in [2.24, 2.45) is 11.5 Å². The highest BCUT2D eigenvalue weighted by Crippen LogP contribution is 2.22. The molecule has 0 saturated carbocycles. The molecule has 0 unspecified atom stereocenters. The average molecular weight is 251 g/mol. The van der Waals surface area contributed by atoms with Gasteiger partial charge in [0.2, 0.25) is 5.82 Å². The molecule has 96 valence electrons. The van der Waals surface area contributed by atoms with E-state index >= 15 is 0 Å². The lowest BCUT2D eigenvalue weighted by atomic mass is 10.2. The second-order valence-corrected chi connectivity index (χ2v) is 3.30. The van der Waals surface area contributed by atoms with Gasteiger partial charge in [-0.3, -0.25) is 14.9 Å². The molecular formula is C10H13N5O3. The van der Waals surface area contributed by atoms with Crippen LogP contribution in [0.15, 0.2) is 24.4 Å². The van der Waals surface area contributed by atoms with Crippen LogP contribution in [-0.2, 0) is 0 Å². The molecule has 1 aromatic heterocycles. The minimum Gasteiger partial charge on any atom is -0.366 e. The van der Waals surface area contributed by atoms with Crippen molar-refractivity contribution >= 4 is 17.4 Å². The van der Waals surface area contributed by atoms with Crippen molar-refractivity contribution in [1.29, 1.82) is 0 Å². The van der Waals surface area contributed by atoms with Gasteiger partial charge in [0.1, 0.15) is 0 Å². The zero-order valence-electron chi connectivity index (χ0n) is 9.50. The Hall–Kier alpha value is -2.48. The van der Waals surface area contributed by atoms with Crippen LogP contribution in [0.2, 0.25) is 0 Å². The van der Waals surface area contributed by atoms with E-state index in [0.717, 1.165) is 6.07 Å². The fourth-order valence-electron chi connectivity index (χ4n) is 1.20. The number of primary amides is 1. The number of carbonyl (C=O) groups is 1. The number of anilines is 1. The van der Waals surface area contributed by atoms with E-state index < -0.39 is 10.8 Å². The molecule has 8 heteroatoms. The number of aromatic nitrogens is 1. The summed E-state index contributed by atoms with van der Waals surface area (Å²) < 4.78 is 0. The molecule has 8 nitrogen and oxygen atoms in total. The van der Waals surface area contributed by atoms with Gasteiger partial charge < -0.3 is 16.8 Å². The van der Waals surface area contributed by atoms with E-state index in [1.165, 1.54) is 6.20 Å². The first-order valence-corrected chi connectivity index (χ1v) is 5.09. The molecule has 1 rings (SSSR count). The molecule has 0 aliphatic rings. The Balaban J connectivity index is 2.93. The second-order valence-electron chi connectivity index (χ2n) is 3.30. The largest absolute Gasteiger partial charge is 0.366 e. The summed E-state index contributed by atoms with van der Waals surface area (Å²) in [6.07, 6.45) is 4.61. The summed E-state index contributed by atoms with van der Waals surface area (Å²) in [5, 5.41) is 13.6. The second kappa shape index (κ2) is 6.30. The van der Waals surface area contributed by atoms with Gasteiger partial charge >= 0.3 is 5.69 Å². The highest BCUT2D eigenvalue weighted by atomic mass is 16.6. The van der Waals surface area contributed by atoms with Gasteiger partial charge in [0, 0.05) is 25.4 Å². The van der Waals surface area contributed by atoms with Crippen molar-refractivity contribution in [2.45, 2.75) is 0 Å². The highest BCUT2D eigenvalue weighted by Gasteiger charge is 2.17. The van der Waals surface area contributed by atoms with E-state index in [0.29, 0.717) is 13.1 Å². The van der Waals surface area contributed by atoms with E-state index in [1.54, 1.807) is 12.2 Å². The van der Waals surface area contributed by atoms with Crippen molar-refractivity contribution in [3.05, 3.63) is 40.1 Å². The van der Waals surface area contributed by atoms with Crippen LogP contribution in [0.4, 0.5) is 11.5 Å². The lowest BCUT2D eigenvalue weighted by Crippen LogP contribution is -2.13. The van der Waals surface area contributed by atoms with Crippen LogP contribution < -0.4 is 16.8 Å². The van der Waals surface area contributed by atoms with Crippen LogP contribution in [0.5, 0.6) is 0 Å². The van der Waals surface area contributed by atoms with Gasteiger partial charge in [0.05, 0.1) is 10.5 Å². The first kappa shape index (κ1) is 13.6. The van der Waals surface area contributed by atoms with Crippen molar-refractivity contribution in [3.63, 3.8) is 0 Å². The maximum absolute atomic E-state index is 10.9. The summed E-state index contributed by atoms with van der Waals surface area (Å²) in [7, 11) is 0. The van der Waals surface area contributed by atoms with Gasteiger partial charge in [0.25, 0.3) is 5.91 Å². The summed E-state index contributed by atoms with van der Waals surface area (Å²) in [6, 6.07) is 1.09. The number of nitro groups is 1. The summed E-state index contributed by atoms with van der Waals surface area (Å²) in [5.74, 6) is -0.688. The van der Waals surface area contributed by atoms with Gasteiger partial charge in [-0.1, -0.05) is 12.2 Å². The molecule has 0 fully saturated rings. The lowest BCUT2D eigenvalue weighted by molar-refractivity contribution is -0.384. The normalized spacial score (nSPS) is 10.5. The standard InChI is InChI=1S/C10H13N5O3/c11-3-1-2-4-13-10-8(15(17)18)5-7(6-14-10)9(12)16/h1-2,5-6H,3-4,11H2,(H2,12,16)(H,13,14)/b2-1+. The molecule has 0 aliphatic carbocycles. The summed E-state index contributed by atoms with van der Waals surface area (Å²) in [6.45, 7) is 0.735.